The van der Waals surface area contributed by atoms with E-state index >= 15 is 0 Å². The van der Waals surface area contributed by atoms with Crippen LogP contribution < -0.4 is 15.5 Å². The van der Waals surface area contributed by atoms with Crippen molar-refractivity contribution < 1.29 is 14.6 Å². The number of aliphatic hydroxyl groups is 1. The molecule has 1 atom stereocenters. The smallest absolute Gasteiger partial charge is 0.224 e. The molecule has 9 heteroatoms. The number of aliphatic hydroxyl groups excluding tert-OH is 1. The molecular formula is C23H38IN5O3. The highest BCUT2D eigenvalue weighted by Crippen LogP contribution is 2.32. The normalized spacial score (nSPS) is 21.2. The van der Waals surface area contributed by atoms with E-state index in [2.05, 4.69) is 27.7 Å². The lowest BCUT2D eigenvalue weighted by Gasteiger charge is -2.36. The number of carbonyl (C=O) groups excluding carboxylic acids is 1. The highest BCUT2D eigenvalue weighted by atomic mass is 127. The molecule has 0 aliphatic carbocycles. The summed E-state index contributed by atoms with van der Waals surface area (Å²) in [6, 6.07) is 10.4. The number of nitrogens with one attached hydrogen (secondary N) is 2. The van der Waals surface area contributed by atoms with E-state index in [1.165, 1.54) is 5.69 Å². The molecule has 180 valence electrons. The van der Waals surface area contributed by atoms with Gasteiger partial charge < -0.3 is 30.3 Å². The third-order valence-electron chi connectivity index (χ3n) is 6.13. The first-order valence-electron chi connectivity index (χ1n) is 11.4. The van der Waals surface area contributed by atoms with Gasteiger partial charge in [-0.3, -0.25) is 9.79 Å². The zero-order valence-electron chi connectivity index (χ0n) is 19.1. The second kappa shape index (κ2) is 13.8. The van der Waals surface area contributed by atoms with Crippen molar-refractivity contribution in [1.82, 2.24) is 15.5 Å². The van der Waals surface area contributed by atoms with E-state index in [1.807, 2.05) is 30.0 Å². The second-order valence-corrected chi connectivity index (χ2v) is 8.35. The Bertz CT molecular complexity index is 705. The van der Waals surface area contributed by atoms with E-state index in [-0.39, 0.29) is 41.9 Å². The molecule has 0 aromatic heterocycles. The molecule has 1 aromatic carbocycles. The first kappa shape index (κ1) is 26.7. The van der Waals surface area contributed by atoms with Crippen molar-refractivity contribution in [3.63, 3.8) is 0 Å². The number of para-hydroxylation sites is 1. The van der Waals surface area contributed by atoms with E-state index in [4.69, 9.17) is 9.73 Å². The summed E-state index contributed by atoms with van der Waals surface area (Å²) in [7, 11) is 0. The Morgan fingerprint density at radius 2 is 1.94 bits per heavy atom. The van der Waals surface area contributed by atoms with Crippen LogP contribution in [0.15, 0.2) is 35.3 Å². The molecule has 0 radical (unpaired) electrons. The van der Waals surface area contributed by atoms with E-state index in [0.717, 1.165) is 45.8 Å². The molecule has 1 amide bonds. The largest absolute Gasteiger partial charge is 0.396 e. The Morgan fingerprint density at radius 1 is 1.19 bits per heavy atom. The van der Waals surface area contributed by atoms with Gasteiger partial charge in [-0.2, -0.15) is 0 Å². The standard InChI is InChI=1S/C23H37N5O3.HI/c1-2-24-22(26-18-23(9-16-29)10-17-31-19-23)25-11-8-21(30)28-14-12-27(13-15-28)20-6-4-3-5-7-20;/h3-7,29H,2,8-19H2,1H3,(H2,24,25,26);1H. The first-order valence-corrected chi connectivity index (χ1v) is 11.4. The van der Waals surface area contributed by atoms with Gasteiger partial charge in [0.1, 0.15) is 0 Å². The van der Waals surface area contributed by atoms with Crippen LogP contribution in [0.5, 0.6) is 0 Å². The van der Waals surface area contributed by atoms with Crippen LogP contribution in [-0.2, 0) is 9.53 Å². The number of nitrogens with zero attached hydrogens (tertiary/aromatic N) is 3. The van der Waals surface area contributed by atoms with Crippen LogP contribution in [0, 0.1) is 5.41 Å². The molecule has 3 rings (SSSR count). The number of hydrogen-bond acceptors (Lipinski definition) is 5. The number of piperazine rings is 1. The molecular weight excluding hydrogens is 521 g/mol. The van der Waals surface area contributed by atoms with Gasteiger partial charge in [0.05, 0.1) is 13.2 Å². The first-order chi connectivity index (χ1) is 15.2. The molecule has 2 fully saturated rings. The number of rotatable bonds is 9. The van der Waals surface area contributed by atoms with Gasteiger partial charge in [0.2, 0.25) is 5.91 Å². The zero-order chi connectivity index (χ0) is 21.9. The summed E-state index contributed by atoms with van der Waals surface area (Å²) in [5, 5.41) is 15.9. The van der Waals surface area contributed by atoms with Gasteiger partial charge in [-0.25, -0.2) is 0 Å². The summed E-state index contributed by atoms with van der Waals surface area (Å²) in [6.45, 7) is 8.69. The van der Waals surface area contributed by atoms with E-state index in [9.17, 15) is 9.90 Å². The van der Waals surface area contributed by atoms with Gasteiger partial charge >= 0.3 is 0 Å². The summed E-state index contributed by atoms with van der Waals surface area (Å²) in [5.74, 6) is 0.894. The number of carbonyl (C=O) groups is 1. The quantitative estimate of drug-likeness (QED) is 0.243. The predicted molar refractivity (Wildman–Crippen MR) is 139 cm³/mol. The highest BCUT2D eigenvalue weighted by Gasteiger charge is 2.34. The average molecular weight is 559 g/mol. The Hall–Kier alpha value is -1.59. The zero-order valence-corrected chi connectivity index (χ0v) is 21.4. The van der Waals surface area contributed by atoms with Crippen molar-refractivity contribution in [2.24, 2.45) is 10.4 Å². The Morgan fingerprint density at radius 3 is 2.56 bits per heavy atom. The second-order valence-electron chi connectivity index (χ2n) is 8.35. The number of benzene rings is 1. The van der Waals surface area contributed by atoms with E-state index in [0.29, 0.717) is 38.5 Å². The minimum atomic E-state index is -0.0780. The summed E-state index contributed by atoms with van der Waals surface area (Å²) in [6.07, 6.45) is 2.06. The SMILES string of the molecule is CCNC(=NCC1(CCO)CCOC1)NCCC(=O)N1CCN(c2ccccc2)CC1.I. The maximum absolute atomic E-state index is 12.6. The molecule has 0 saturated carbocycles. The fourth-order valence-corrected chi connectivity index (χ4v) is 4.17. The van der Waals surface area contributed by atoms with Crippen molar-refractivity contribution in [2.45, 2.75) is 26.2 Å². The predicted octanol–water partition coefficient (Wildman–Crippen LogP) is 1.69. The molecule has 1 unspecified atom stereocenters. The third kappa shape index (κ3) is 7.77. The lowest BCUT2D eigenvalue weighted by molar-refractivity contribution is -0.131. The van der Waals surface area contributed by atoms with E-state index < -0.39 is 0 Å². The summed E-state index contributed by atoms with van der Waals surface area (Å²) in [5.41, 5.74) is 1.14. The number of halogens is 1. The number of hydrogen-bond donors (Lipinski definition) is 3. The molecule has 2 saturated heterocycles. The van der Waals surface area contributed by atoms with Gasteiger partial charge in [-0.15, -0.1) is 24.0 Å². The number of amides is 1. The van der Waals surface area contributed by atoms with Gasteiger partial charge in [0.25, 0.3) is 0 Å². The molecule has 8 nitrogen and oxygen atoms in total. The summed E-state index contributed by atoms with van der Waals surface area (Å²) >= 11 is 0. The lowest BCUT2D eigenvalue weighted by Crippen LogP contribution is -2.49. The maximum Gasteiger partial charge on any atom is 0.224 e. The van der Waals surface area contributed by atoms with Crippen molar-refractivity contribution in [1.29, 1.82) is 0 Å². The average Bonchev–Trinajstić information content (AvgIpc) is 3.27. The maximum atomic E-state index is 12.6. The minimum absolute atomic E-state index is 0. The van der Waals surface area contributed by atoms with Crippen LogP contribution in [0.3, 0.4) is 0 Å². The Balaban J connectivity index is 0.00000363. The fourth-order valence-electron chi connectivity index (χ4n) is 4.17. The highest BCUT2D eigenvalue weighted by molar-refractivity contribution is 14.0. The third-order valence-corrected chi connectivity index (χ3v) is 6.13. The van der Waals surface area contributed by atoms with Gasteiger partial charge in [0, 0.05) is 70.0 Å². The van der Waals surface area contributed by atoms with Gasteiger partial charge in [-0.05, 0) is 31.9 Å². The fraction of sp³-hybridized carbons (Fsp3) is 0.652. The molecule has 32 heavy (non-hydrogen) atoms. The number of aliphatic imine (C=N–C) groups is 1. The van der Waals surface area contributed by atoms with Crippen LogP contribution >= 0.6 is 24.0 Å². The number of ether oxygens (including phenoxy) is 1. The Kier molecular flexibility index (Phi) is 11.5. The van der Waals surface area contributed by atoms with Crippen LogP contribution in [0.2, 0.25) is 0 Å². The number of guanidine groups is 1. The van der Waals surface area contributed by atoms with Crippen molar-refractivity contribution in [3.8, 4) is 0 Å². The Labute approximate surface area is 208 Å². The molecule has 1 aromatic rings. The molecule has 2 heterocycles. The lowest BCUT2D eigenvalue weighted by atomic mass is 9.84. The monoisotopic (exact) mass is 559 g/mol. The van der Waals surface area contributed by atoms with Gasteiger partial charge in [0.15, 0.2) is 5.96 Å². The van der Waals surface area contributed by atoms with Crippen molar-refractivity contribution >= 4 is 41.5 Å². The molecule has 0 bridgehead atoms. The molecule has 0 spiro atoms. The molecule has 2 aliphatic heterocycles. The van der Waals surface area contributed by atoms with E-state index in [1.54, 1.807) is 0 Å². The topological polar surface area (TPSA) is 89.4 Å². The van der Waals surface area contributed by atoms with Crippen molar-refractivity contribution in [3.05, 3.63) is 30.3 Å². The van der Waals surface area contributed by atoms with Crippen LogP contribution in [-0.4, -0.2) is 87.5 Å². The molecule has 2 aliphatic rings. The van der Waals surface area contributed by atoms with Crippen LogP contribution in [0.1, 0.15) is 26.2 Å². The summed E-state index contributed by atoms with van der Waals surface area (Å²) < 4.78 is 5.55. The number of anilines is 1. The van der Waals surface area contributed by atoms with Crippen LogP contribution in [0.25, 0.3) is 0 Å². The van der Waals surface area contributed by atoms with Crippen molar-refractivity contribution in [2.75, 3.05) is 70.5 Å². The minimum Gasteiger partial charge on any atom is -0.396 e. The summed E-state index contributed by atoms with van der Waals surface area (Å²) in [4.78, 5) is 21.6. The van der Waals surface area contributed by atoms with Gasteiger partial charge in [-0.1, -0.05) is 18.2 Å². The van der Waals surface area contributed by atoms with Crippen LogP contribution in [0.4, 0.5) is 5.69 Å². The molecule has 3 N–H and O–H groups in total.